The summed E-state index contributed by atoms with van der Waals surface area (Å²) < 4.78 is 0. The van der Waals surface area contributed by atoms with Gasteiger partial charge in [0, 0.05) is 23.1 Å². The van der Waals surface area contributed by atoms with Crippen LogP contribution in [0.5, 0.6) is 17.2 Å². The first-order valence-corrected chi connectivity index (χ1v) is 9.11. The van der Waals surface area contributed by atoms with Gasteiger partial charge in [0.25, 0.3) is 0 Å². The number of phenols is 3. The molecule has 4 N–H and O–H groups in total. The monoisotopic (exact) mass is 376 g/mol. The highest BCUT2D eigenvalue weighted by molar-refractivity contribution is 7.14. The van der Waals surface area contributed by atoms with Crippen LogP contribution in [0.25, 0.3) is 22.4 Å². The molecule has 4 aromatic rings. The number of hydrogen-bond acceptors (Lipinski definition) is 6. The standard InChI is InChI=1S/C21H16N2O3S/c24-16-10-18(25)20(19(26)11-16)23-21-22-17(12-27-21)15-8-6-14(7-9-15)13-4-2-1-3-5-13/h1-12,24-26H,(H,22,23). The number of thiazole rings is 1. The molecule has 27 heavy (non-hydrogen) atoms. The molecule has 0 aliphatic rings. The molecule has 0 spiro atoms. The van der Waals surface area contributed by atoms with E-state index in [2.05, 4.69) is 34.6 Å². The van der Waals surface area contributed by atoms with Gasteiger partial charge in [0.05, 0.1) is 5.69 Å². The molecule has 0 saturated heterocycles. The lowest BCUT2D eigenvalue weighted by molar-refractivity contribution is 0.431. The third-order valence-corrected chi connectivity index (χ3v) is 4.86. The maximum absolute atomic E-state index is 9.89. The van der Waals surface area contributed by atoms with Crippen LogP contribution in [0.1, 0.15) is 0 Å². The van der Waals surface area contributed by atoms with E-state index in [9.17, 15) is 15.3 Å². The molecular formula is C21H16N2O3S. The Morgan fingerprint density at radius 2 is 1.33 bits per heavy atom. The van der Waals surface area contributed by atoms with Crippen molar-refractivity contribution in [3.8, 4) is 39.6 Å². The number of benzene rings is 3. The van der Waals surface area contributed by atoms with Crippen molar-refractivity contribution in [3.05, 3.63) is 72.1 Å². The first kappa shape index (κ1) is 16.9. The SMILES string of the molecule is Oc1cc(O)c(Nc2nc(-c3ccc(-c4ccccc4)cc3)cs2)c(O)c1. The molecule has 0 amide bonds. The van der Waals surface area contributed by atoms with Crippen LogP contribution >= 0.6 is 11.3 Å². The molecule has 1 aromatic heterocycles. The normalized spacial score (nSPS) is 10.7. The number of anilines is 2. The van der Waals surface area contributed by atoms with Gasteiger partial charge in [-0.05, 0) is 11.1 Å². The van der Waals surface area contributed by atoms with Crippen molar-refractivity contribution in [1.29, 1.82) is 0 Å². The average Bonchev–Trinajstić information content (AvgIpc) is 3.14. The Labute approximate surface area is 159 Å². The van der Waals surface area contributed by atoms with Crippen molar-refractivity contribution in [1.82, 2.24) is 4.98 Å². The minimum atomic E-state index is -0.253. The summed E-state index contributed by atoms with van der Waals surface area (Å²) in [4.78, 5) is 4.51. The number of aromatic hydroxyl groups is 3. The molecule has 134 valence electrons. The van der Waals surface area contributed by atoms with E-state index in [4.69, 9.17) is 0 Å². The predicted molar refractivity (Wildman–Crippen MR) is 108 cm³/mol. The lowest BCUT2D eigenvalue weighted by Crippen LogP contribution is -1.91. The zero-order chi connectivity index (χ0) is 18.8. The molecule has 0 saturated carbocycles. The largest absolute Gasteiger partial charge is 0.508 e. The molecule has 0 radical (unpaired) electrons. The van der Waals surface area contributed by atoms with Gasteiger partial charge in [-0.2, -0.15) is 0 Å². The van der Waals surface area contributed by atoms with Crippen LogP contribution in [0.4, 0.5) is 10.8 Å². The molecule has 5 nitrogen and oxygen atoms in total. The summed E-state index contributed by atoms with van der Waals surface area (Å²) in [5, 5.41) is 34.5. The highest BCUT2D eigenvalue weighted by atomic mass is 32.1. The fourth-order valence-electron chi connectivity index (χ4n) is 2.76. The fourth-order valence-corrected chi connectivity index (χ4v) is 3.48. The van der Waals surface area contributed by atoms with Crippen molar-refractivity contribution >= 4 is 22.2 Å². The summed E-state index contributed by atoms with van der Waals surface area (Å²) in [6, 6.07) is 20.6. The second kappa shape index (κ2) is 7.01. The Balaban J connectivity index is 1.56. The first-order chi connectivity index (χ1) is 13.1. The van der Waals surface area contributed by atoms with E-state index < -0.39 is 0 Å². The van der Waals surface area contributed by atoms with E-state index in [-0.39, 0.29) is 22.9 Å². The van der Waals surface area contributed by atoms with Gasteiger partial charge in [-0.1, -0.05) is 54.6 Å². The summed E-state index contributed by atoms with van der Waals surface area (Å²) in [6.07, 6.45) is 0. The third kappa shape index (κ3) is 3.56. The lowest BCUT2D eigenvalue weighted by atomic mass is 10.0. The second-order valence-corrected chi connectivity index (χ2v) is 6.82. The highest BCUT2D eigenvalue weighted by Crippen LogP contribution is 2.39. The lowest BCUT2D eigenvalue weighted by Gasteiger charge is -2.08. The average molecular weight is 376 g/mol. The highest BCUT2D eigenvalue weighted by Gasteiger charge is 2.12. The van der Waals surface area contributed by atoms with Crippen molar-refractivity contribution in [2.75, 3.05) is 5.32 Å². The minimum Gasteiger partial charge on any atom is -0.508 e. The number of nitrogens with zero attached hydrogens (tertiary/aromatic N) is 1. The van der Waals surface area contributed by atoms with Crippen LogP contribution in [0.3, 0.4) is 0 Å². The molecule has 3 aromatic carbocycles. The number of rotatable bonds is 4. The first-order valence-electron chi connectivity index (χ1n) is 8.23. The molecule has 0 aliphatic heterocycles. The molecule has 0 unspecified atom stereocenters. The molecule has 4 rings (SSSR count). The minimum absolute atomic E-state index is 0.105. The van der Waals surface area contributed by atoms with E-state index in [1.54, 1.807) is 0 Å². The van der Waals surface area contributed by atoms with Crippen molar-refractivity contribution in [2.45, 2.75) is 0 Å². The Bertz CT molecular complexity index is 1050. The zero-order valence-electron chi connectivity index (χ0n) is 14.1. The van der Waals surface area contributed by atoms with E-state index in [1.165, 1.54) is 11.3 Å². The van der Waals surface area contributed by atoms with Gasteiger partial charge in [0.1, 0.15) is 22.9 Å². The zero-order valence-corrected chi connectivity index (χ0v) is 14.9. The number of hydrogen-bond donors (Lipinski definition) is 4. The van der Waals surface area contributed by atoms with Gasteiger partial charge in [0.15, 0.2) is 5.13 Å². The predicted octanol–water partition coefficient (Wildman–Crippen LogP) is 5.34. The Morgan fingerprint density at radius 3 is 2.00 bits per heavy atom. The topological polar surface area (TPSA) is 85.6 Å². The van der Waals surface area contributed by atoms with Gasteiger partial charge >= 0.3 is 0 Å². The van der Waals surface area contributed by atoms with Crippen LogP contribution < -0.4 is 5.32 Å². The summed E-state index contributed by atoms with van der Waals surface area (Å²) in [7, 11) is 0. The Kier molecular flexibility index (Phi) is 4.40. The summed E-state index contributed by atoms with van der Waals surface area (Å²) >= 11 is 1.35. The molecular weight excluding hydrogens is 360 g/mol. The van der Waals surface area contributed by atoms with Gasteiger partial charge < -0.3 is 20.6 Å². The Morgan fingerprint density at radius 1 is 0.741 bits per heavy atom. The molecule has 0 fully saturated rings. The molecule has 0 bridgehead atoms. The molecule has 1 heterocycles. The van der Waals surface area contributed by atoms with Crippen LogP contribution in [0.15, 0.2) is 72.1 Å². The second-order valence-electron chi connectivity index (χ2n) is 5.97. The van der Waals surface area contributed by atoms with Gasteiger partial charge in [-0.25, -0.2) is 4.98 Å². The quantitative estimate of drug-likeness (QED) is 0.285. The van der Waals surface area contributed by atoms with E-state index in [1.807, 2.05) is 35.7 Å². The van der Waals surface area contributed by atoms with Crippen molar-refractivity contribution < 1.29 is 15.3 Å². The molecule has 6 heteroatoms. The Hall–Kier alpha value is -3.51. The van der Waals surface area contributed by atoms with E-state index in [0.717, 1.165) is 34.5 Å². The smallest absolute Gasteiger partial charge is 0.187 e. The molecule has 0 aliphatic carbocycles. The van der Waals surface area contributed by atoms with Crippen LogP contribution in [-0.4, -0.2) is 20.3 Å². The van der Waals surface area contributed by atoms with Gasteiger partial charge in [-0.3, -0.25) is 0 Å². The van der Waals surface area contributed by atoms with Gasteiger partial charge in [0.2, 0.25) is 0 Å². The van der Waals surface area contributed by atoms with Crippen LogP contribution in [0, 0.1) is 0 Å². The number of phenolic OH excluding ortho intramolecular Hbond substituents is 3. The van der Waals surface area contributed by atoms with E-state index in [0.29, 0.717) is 5.13 Å². The van der Waals surface area contributed by atoms with Crippen molar-refractivity contribution in [3.63, 3.8) is 0 Å². The third-order valence-electron chi connectivity index (χ3n) is 4.11. The maximum Gasteiger partial charge on any atom is 0.187 e. The van der Waals surface area contributed by atoms with Crippen LogP contribution in [-0.2, 0) is 0 Å². The van der Waals surface area contributed by atoms with Crippen LogP contribution in [0.2, 0.25) is 0 Å². The maximum atomic E-state index is 9.89. The van der Waals surface area contributed by atoms with Gasteiger partial charge in [-0.15, -0.1) is 11.3 Å². The van der Waals surface area contributed by atoms with E-state index >= 15 is 0 Å². The molecule has 0 atom stereocenters. The fraction of sp³-hybridized carbons (Fsp3) is 0. The van der Waals surface area contributed by atoms with Crippen molar-refractivity contribution in [2.24, 2.45) is 0 Å². The number of nitrogens with one attached hydrogen (secondary N) is 1. The summed E-state index contributed by atoms with van der Waals surface area (Å²) in [5.74, 6) is -0.721. The summed E-state index contributed by atoms with van der Waals surface area (Å²) in [6.45, 7) is 0. The summed E-state index contributed by atoms with van der Waals surface area (Å²) in [5.41, 5.74) is 4.15. The number of aromatic nitrogens is 1.